The van der Waals surface area contributed by atoms with Crippen molar-refractivity contribution in [2.24, 2.45) is 0 Å². The van der Waals surface area contributed by atoms with E-state index in [1.165, 1.54) is 7.11 Å². The Kier molecular flexibility index (Phi) is 7.94. The summed E-state index contributed by atoms with van der Waals surface area (Å²) in [5.74, 6) is 0.384. The molecule has 0 aliphatic carbocycles. The second-order valence-electron chi connectivity index (χ2n) is 6.58. The van der Waals surface area contributed by atoms with Crippen LogP contribution in [0.1, 0.15) is 11.7 Å². The maximum atomic E-state index is 12.9. The van der Waals surface area contributed by atoms with E-state index in [0.717, 1.165) is 0 Å². The quantitative estimate of drug-likeness (QED) is 0.472. The maximum Gasteiger partial charge on any atom is 0.345 e. The zero-order valence-corrected chi connectivity index (χ0v) is 18.3. The van der Waals surface area contributed by atoms with Crippen LogP contribution in [0.5, 0.6) is 17.2 Å². The average molecular weight is 456 g/mol. The molecule has 1 unspecified atom stereocenters. The van der Waals surface area contributed by atoms with Crippen molar-refractivity contribution in [1.29, 1.82) is 0 Å². The summed E-state index contributed by atoms with van der Waals surface area (Å²) >= 11 is 6.13. The molecule has 0 heterocycles. The summed E-state index contributed by atoms with van der Waals surface area (Å²) < 4.78 is 21.1. The van der Waals surface area contributed by atoms with Gasteiger partial charge in [0.25, 0.3) is 5.91 Å². The lowest BCUT2D eigenvalue weighted by Gasteiger charge is -2.18. The Morgan fingerprint density at radius 2 is 1.59 bits per heavy atom. The van der Waals surface area contributed by atoms with Crippen molar-refractivity contribution in [2.75, 3.05) is 26.1 Å². The van der Waals surface area contributed by atoms with Gasteiger partial charge >= 0.3 is 5.97 Å². The number of hydrogen-bond donors (Lipinski definition) is 1. The fourth-order valence-corrected chi connectivity index (χ4v) is 3.09. The van der Waals surface area contributed by atoms with E-state index in [2.05, 4.69) is 5.32 Å². The number of carbonyl (C=O) groups is 2. The summed E-state index contributed by atoms with van der Waals surface area (Å²) in [6.07, 6.45) is -1.18. The fraction of sp³-hybridized carbons (Fsp3) is 0.167. The number of methoxy groups -OCH3 is 2. The van der Waals surface area contributed by atoms with Gasteiger partial charge in [0.1, 0.15) is 17.2 Å². The first-order chi connectivity index (χ1) is 15.5. The molecule has 8 heteroatoms. The third kappa shape index (κ3) is 6.15. The molecule has 0 radical (unpaired) electrons. The molecule has 0 saturated heterocycles. The summed E-state index contributed by atoms with van der Waals surface area (Å²) in [7, 11) is 3.06. The van der Waals surface area contributed by atoms with E-state index in [4.69, 9.17) is 30.5 Å². The topological polar surface area (TPSA) is 83.1 Å². The van der Waals surface area contributed by atoms with E-state index in [9.17, 15) is 9.59 Å². The van der Waals surface area contributed by atoms with Crippen molar-refractivity contribution >= 4 is 29.2 Å². The molecule has 0 fully saturated rings. The zero-order valence-electron chi connectivity index (χ0n) is 17.5. The van der Waals surface area contributed by atoms with E-state index in [-0.39, 0.29) is 6.61 Å². The highest BCUT2D eigenvalue weighted by Gasteiger charge is 2.25. The average Bonchev–Trinajstić information content (AvgIpc) is 2.82. The van der Waals surface area contributed by atoms with Crippen LogP contribution in [-0.4, -0.2) is 32.7 Å². The van der Waals surface area contributed by atoms with E-state index in [0.29, 0.717) is 33.5 Å². The van der Waals surface area contributed by atoms with Gasteiger partial charge in [-0.1, -0.05) is 41.9 Å². The number of rotatable bonds is 9. The van der Waals surface area contributed by atoms with Gasteiger partial charge in [-0.3, -0.25) is 4.79 Å². The highest BCUT2D eigenvalue weighted by Crippen LogP contribution is 2.28. The smallest absolute Gasteiger partial charge is 0.345 e. The summed E-state index contributed by atoms with van der Waals surface area (Å²) in [5, 5.41) is 3.05. The predicted octanol–water partition coefficient (Wildman–Crippen LogP) is 4.66. The van der Waals surface area contributed by atoms with Crippen LogP contribution in [0.2, 0.25) is 5.02 Å². The van der Waals surface area contributed by atoms with Gasteiger partial charge in [-0.25, -0.2) is 4.79 Å². The van der Waals surface area contributed by atoms with E-state index >= 15 is 0 Å². The van der Waals surface area contributed by atoms with Crippen molar-refractivity contribution in [1.82, 2.24) is 0 Å². The minimum atomic E-state index is -1.18. The van der Waals surface area contributed by atoms with Crippen LogP contribution in [0.25, 0.3) is 0 Å². The summed E-state index contributed by atoms with van der Waals surface area (Å²) in [6, 6.07) is 20.3. The van der Waals surface area contributed by atoms with Gasteiger partial charge in [0.15, 0.2) is 6.61 Å². The molecule has 32 heavy (non-hydrogen) atoms. The number of amides is 1. The normalized spacial score (nSPS) is 11.2. The Hall–Kier alpha value is -3.71. The van der Waals surface area contributed by atoms with E-state index in [1.54, 1.807) is 79.9 Å². The Bertz CT molecular complexity index is 1060. The molecule has 0 saturated carbocycles. The molecular formula is C24H22ClNO6. The lowest BCUT2D eigenvalue weighted by atomic mass is 10.1. The first-order valence-corrected chi connectivity index (χ1v) is 10.0. The molecule has 0 aromatic heterocycles. The monoisotopic (exact) mass is 455 g/mol. The van der Waals surface area contributed by atoms with Crippen molar-refractivity contribution in [3.05, 3.63) is 83.4 Å². The molecule has 1 atom stereocenters. The standard InChI is InChI=1S/C24H22ClNO6/c1-29-18-9-11-19(12-10-18)31-15-22(27)32-23(16-6-4-3-5-7-16)24(28)26-17-8-13-21(30-2)20(25)14-17/h3-14,23H,15H2,1-2H3,(H,26,28). The number of benzene rings is 3. The second-order valence-corrected chi connectivity index (χ2v) is 6.99. The molecule has 7 nitrogen and oxygen atoms in total. The van der Waals surface area contributed by atoms with Gasteiger partial charge in [-0.05, 0) is 42.5 Å². The minimum Gasteiger partial charge on any atom is -0.497 e. The van der Waals surface area contributed by atoms with Crippen LogP contribution < -0.4 is 19.5 Å². The van der Waals surface area contributed by atoms with E-state index in [1.807, 2.05) is 0 Å². The SMILES string of the molecule is COc1ccc(OCC(=O)OC(C(=O)Nc2ccc(OC)c(Cl)c2)c2ccccc2)cc1. The predicted molar refractivity (Wildman–Crippen MR) is 120 cm³/mol. The lowest BCUT2D eigenvalue weighted by Crippen LogP contribution is -2.28. The molecule has 3 aromatic rings. The van der Waals surface area contributed by atoms with Crippen molar-refractivity contribution in [3.63, 3.8) is 0 Å². The van der Waals surface area contributed by atoms with Crippen LogP contribution in [0.3, 0.4) is 0 Å². The van der Waals surface area contributed by atoms with Crippen molar-refractivity contribution in [2.45, 2.75) is 6.10 Å². The molecule has 166 valence electrons. The highest BCUT2D eigenvalue weighted by atomic mass is 35.5. The molecule has 3 aromatic carbocycles. The third-order valence-corrected chi connectivity index (χ3v) is 4.72. The zero-order chi connectivity index (χ0) is 22.9. The molecule has 1 amide bonds. The fourth-order valence-electron chi connectivity index (χ4n) is 2.83. The number of halogens is 1. The summed E-state index contributed by atoms with van der Waals surface area (Å²) in [5.41, 5.74) is 0.953. The van der Waals surface area contributed by atoms with Crippen LogP contribution in [0.15, 0.2) is 72.8 Å². The number of esters is 1. The molecule has 0 aliphatic heterocycles. The van der Waals surface area contributed by atoms with Gasteiger partial charge in [0, 0.05) is 11.3 Å². The van der Waals surface area contributed by atoms with Crippen molar-refractivity contribution < 1.29 is 28.5 Å². The lowest BCUT2D eigenvalue weighted by molar-refractivity contribution is -0.156. The van der Waals surface area contributed by atoms with Gasteiger partial charge < -0.3 is 24.3 Å². The van der Waals surface area contributed by atoms with Gasteiger partial charge in [0.2, 0.25) is 6.10 Å². The summed E-state index contributed by atoms with van der Waals surface area (Å²) in [6.45, 7) is -0.364. The molecule has 0 spiro atoms. The molecule has 0 bridgehead atoms. The Labute approximate surface area is 190 Å². The van der Waals surface area contributed by atoms with Crippen LogP contribution in [0, 0.1) is 0 Å². The Morgan fingerprint density at radius 1 is 0.906 bits per heavy atom. The van der Waals surface area contributed by atoms with Crippen LogP contribution in [-0.2, 0) is 14.3 Å². The Morgan fingerprint density at radius 3 is 2.22 bits per heavy atom. The number of carbonyl (C=O) groups excluding carboxylic acids is 2. The molecule has 3 rings (SSSR count). The van der Waals surface area contributed by atoms with E-state index < -0.39 is 18.0 Å². The van der Waals surface area contributed by atoms with Crippen LogP contribution >= 0.6 is 11.6 Å². The number of hydrogen-bond acceptors (Lipinski definition) is 6. The van der Waals surface area contributed by atoms with Crippen molar-refractivity contribution in [3.8, 4) is 17.2 Å². The van der Waals surface area contributed by atoms with Gasteiger partial charge in [0.05, 0.1) is 19.2 Å². The minimum absolute atomic E-state index is 0.339. The molecule has 0 aliphatic rings. The number of ether oxygens (including phenoxy) is 4. The summed E-state index contributed by atoms with van der Waals surface area (Å²) in [4.78, 5) is 25.4. The second kappa shape index (κ2) is 11.1. The number of anilines is 1. The highest BCUT2D eigenvalue weighted by molar-refractivity contribution is 6.32. The third-order valence-electron chi connectivity index (χ3n) is 4.43. The van der Waals surface area contributed by atoms with Crippen LogP contribution in [0.4, 0.5) is 5.69 Å². The van der Waals surface area contributed by atoms with Gasteiger partial charge in [-0.15, -0.1) is 0 Å². The molecular weight excluding hydrogens is 434 g/mol. The first-order valence-electron chi connectivity index (χ1n) is 9.66. The first kappa shape index (κ1) is 23.0. The number of nitrogens with one attached hydrogen (secondary N) is 1. The molecule has 1 N–H and O–H groups in total. The largest absolute Gasteiger partial charge is 0.497 e. The Balaban J connectivity index is 1.69. The van der Waals surface area contributed by atoms with Gasteiger partial charge in [-0.2, -0.15) is 0 Å². The maximum absolute atomic E-state index is 12.9.